The number of hydrogen-bond acceptors (Lipinski definition) is 5. The maximum absolute atomic E-state index is 12.8. The van der Waals surface area contributed by atoms with Crippen LogP contribution >= 0.6 is 0 Å². The van der Waals surface area contributed by atoms with E-state index < -0.39 is 0 Å². The summed E-state index contributed by atoms with van der Waals surface area (Å²) in [6, 6.07) is 19.8. The Balaban J connectivity index is 1.39. The molecule has 0 aliphatic carbocycles. The Morgan fingerprint density at radius 1 is 1.06 bits per heavy atom. The second-order valence-electron chi connectivity index (χ2n) is 7.83. The number of nitrogens with zero attached hydrogens (tertiary/aromatic N) is 3. The van der Waals surface area contributed by atoms with Crippen LogP contribution in [0.15, 0.2) is 60.7 Å². The van der Waals surface area contributed by atoms with E-state index in [1.54, 1.807) is 7.11 Å². The zero-order valence-corrected chi connectivity index (χ0v) is 18.0. The van der Waals surface area contributed by atoms with Gasteiger partial charge in [0.05, 0.1) is 18.7 Å². The van der Waals surface area contributed by atoms with E-state index in [1.807, 2.05) is 48.5 Å². The average Bonchev–Trinajstić information content (AvgIpc) is 2.85. The minimum absolute atomic E-state index is 0.0664. The van der Waals surface area contributed by atoms with E-state index in [2.05, 4.69) is 39.5 Å². The van der Waals surface area contributed by atoms with Crippen LogP contribution in [0.4, 0.5) is 11.5 Å². The van der Waals surface area contributed by atoms with Crippen LogP contribution in [-0.2, 0) is 11.2 Å². The maximum Gasteiger partial charge on any atom is 0.229 e. The summed E-state index contributed by atoms with van der Waals surface area (Å²) in [6.07, 6.45) is 2.83. The van der Waals surface area contributed by atoms with Crippen LogP contribution in [0.1, 0.15) is 25.3 Å². The van der Waals surface area contributed by atoms with E-state index in [4.69, 9.17) is 4.74 Å². The first kappa shape index (κ1) is 20.8. The van der Waals surface area contributed by atoms with Gasteiger partial charge in [-0.1, -0.05) is 19.1 Å². The second kappa shape index (κ2) is 9.60. The highest BCUT2D eigenvalue weighted by Crippen LogP contribution is 2.25. The Morgan fingerprint density at radius 3 is 2.48 bits per heavy atom. The lowest BCUT2D eigenvalue weighted by molar-refractivity contribution is -0.120. The summed E-state index contributed by atoms with van der Waals surface area (Å²) < 4.78 is 5.21. The molecule has 0 spiro atoms. The predicted molar refractivity (Wildman–Crippen MR) is 123 cm³/mol. The molecule has 1 amide bonds. The first-order valence-electron chi connectivity index (χ1n) is 10.8. The molecule has 6 nitrogen and oxygen atoms in total. The molecule has 0 saturated carbocycles. The van der Waals surface area contributed by atoms with E-state index >= 15 is 0 Å². The molecule has 2 heterocycles. The molecule has 4 rings (SSSR count). The van der Waals surface area contributed by atoms with Crippen LogP contribution < -0.4 is 15.0 Å². The van der Waals surface area contributed by atoms with Crippen LogP contribution in [-0.4, -0.2) is 36.3 Å². The first-order valence-corrected chi connectivity index (χ1v) is 10.8. The fourth-order valence-corrected chi connectivity index (χ4v) is 3.88. The van der Waals surface area contributed by atoms with Gasteiger partial charge in [0.25, 0.3) is 0 Å². The zero-order valence-electron chi connectivity index (χ0n) is 18.0. The lowest BCUT2D eigenvalue weighted by atomic mass is 9.97. The average molecular weight is 417 g/mol. The van der Waals surface area contributed by atoms with Crippen molar-refractivity contribution in [3.05, 3.63) is 66.2 Å². The third-order valence-corrected chi connectivity index (χ3v) is 5.78. The van der Waals surface area contributed by atoms with Gasteiger partial charge >= 0.3 is 0 Å². The lowest BCUT2D eigenvalue weighted by Crippen LogP contribution is -2.41. The Bertz CT molecular complexity index is 1000. The Kier molecular flexibility index (Phi) is 6.46. The van der Waals surface area contributed by atoms with Gasteiger partial charge in [0.1, 0.15) is 5.75 Å². The van der Waals surface area contributed by atoms with Crippen molar-refractivity contribution in [2.45, 2.75) is 26.2 Å². The summed E-state index contributed by atoms with van der Waals surface area (Å²) >= 11 is 0. The van der Waals surface area contributed by atoms with Gasteiger partial charge in [0.15, 0.2) is 5.82 Å². The van der Waals surface area contributed by atoms with Gasteiger partial charge in [-0.3, -0.25) is 4.79 Å². The van der Waals surface area contributed by atoms with E-state index in [1.165, 1.54) is 5.56 Å². The Hall–Kier alpha value is -3.41. The SMILES string of the molecule is CCc1ccc(NC(=O)C2CCCN(c3ccc(-c4ccc(OC)cc4)nn3)C2)cc1. The Labute approximate surface area is 183 Å². The molecule has 1 aliphatic rings. The Morgan fingerprint density at radius 2 is 1.84 bits per heavy atom. The van der Waals surface area contributed by atoms with Gasteiger partial charge in [-0.05, 0) is 73.4 Å². The smallest absolute Gasteiger partial charge is 0.229 e. The van der Waals surface area contributed by atoms with Crippen molar-refractivity contribution in [3.8, 4) is 17.0 Å². The summed E-state index contributed by atoms with van der Waals surface area (Å²) in [6.45, 7) is 3.65. The number of nitrogens with one attached hydrogen (secondary N) is 1. The molecule has 1 aromatic heterocycles. The van der Waals surface area contributed by atoms with Crippen LogP contribution in [0.3, 0.4) is 0 Å². The molecule has 1 N–H and O–H groups in total. The van der Waals surface area contributed by atoms with Gasteiger partial charge in [0, 0.05) is 24.3 Å². The standard InChI is InChI=1S/C25H28N4O2/c1-3-18-6-10-21(11-7-18)26-25(30)20-5-4-16-29(17-20)24-15-14-23(27-28-24)19-8-12-22(31-2)13-9-19/h6-15,20H,3-5,16-17H2,1-2H3,(H,26,30). The van der Waals surface area contributed by atoms with Gasteiger partial charge in [0.2, 0.25) is 5.91 Å². The summed E-state index contributed by atoms with van der Waals surface area (Å²) in [5.74, 6) is 1.62. The van der Waals surface area contributed by atoms with E-state index in [-0.39, 0.29) is 11.8 Å². The van der Waals surface area contributed by atoms with Gasteiger partial charge in [-0.2, -0.15) is 0 Å². The van der Waals surface area contributed by atoms with Crippen LogP contribution in [0.2, 0.25) is 0 Å². The summed E-state index contributed by atoms with van der Waals surface area (Å²) in [4.78, 5) is 15.0. The predicted octanol–water partition coefficient (Wildman–Crippen LogP) is 4.57. The van der Waals surface area contributed by atoms with Crippen molar-refractivity contribution in [1.82, 2.24) is 10.2 Å². The number of methoxy groups -OCH3 is 1. The number of anilines is 2. The van der Waals surface area contributed by atoms with Crippen molar-refractivity contribution in [3.63, 3.8) is 0 Å². The molecule has 0 bridgehead atoms. The van der Waals surface area contributed by atoms with Gasteiger partial charge < -0.3 is 15.0 Å². The highest BCUT2D eigenvalue weighted by Gasteiger charge is 2.27. The normalized spacial score (nSPS) is 16.1. The molecule has 1 unspecified atom stereocenters. The fourth-order valence-electron chi connectivity index (χ4n) is 3.88. The van der Waals surface area contributed by atoms with Crippen molar-refractivity contribution >= 4 is 17.4 Å². The van der Waals surface area contributed by atoms with Crippen molar-refractivity contribution in [2.75, 3.05) is 30.4 Å². The minimum atomic E-state index is -0.0670. The third kappa shape index (κ3) is 5.02. The summed E-state index contributed by atoms with van der Waals surface area (Å²) in [5, 5.41) is 11.9. The minimum Gasteiger partial charge on any atom is -0.497 e. The van der Waals surface area contributed by atoms with E-state index in [0.717, 1.165) is 54.3 Å². The molecule has 31 heavy (non-hydrogen) atoms. The molecule has 1 aliphatic heterocycles. The number of amides is 1. The largest absolute Gasteiger partial charge is 0.497 e. The highest BCUT2D eigenvalue weighted by molar-refractivity contribution is 5.93. The highest BCUT2D eigenvalue weighted by atomic mass is 16.5. The number of aromatic nitrogens is 2. The number of rotatable bonds is 6. The summed E-state index contributed by atoms with van der Waals surface area (Å²) in [5.41, 5.74) is 3.92. The summed E-state index contributed by atoms with van der Waals surface area (Å²) in [7, 11) is 1.65. The molecule has 0 radical (unpaired) electrons. The van der Waals surface area contributed by atoms with Crippen molar-refractivity contribution in [1.29, 1.82) is 0 Å². The lowest BCUT2D eigenvalue weighted by Gasteiger charge is -2.32. The molecular formula is C25H28N4O2. The number of hydrogen-bond donors (Lipinski definition) is 1. The number of carbonyl (C=O) groups excluding carboxylic acids is 1. The topological polar surface area (TPSA) is 67.4 Å². The molecule has 1 fully saturated rings. The molecule has 1 saturated heterocycles. The molecule has 1 atom stereocenters. The van der Waals surface area contributed by atoms with Crippen molar-refractivity contribution < 1.29 is 9.53 Å². The van der Waals surface area contributed by atoms with Crippen LogP contribution in [0.5, 0.6) is 5.75 Å². The second-order valence-corrected chi connectivity index (χ2v) is 7.83. The molecule has 2 aromatic carbocycles. The third-order valence-electron chi connectivity index (χ3n) is 5.78. The van der Waals surface area contributed by atoms with Crippen LogP contribution in [0.25, 0.3) is 11.3 Å². The van der Waals surface area contributed by atoms with Crippen LogP contribution in [0, 0.1) is 5.92 Å². The first-order chi connectivity index (χ1) is 15.2. The number of benzene rings is 2. The van der Waals surface area contributed by atoms with E-state index in [9.17, 15) is 4.79 Å². The maximum atomic E-state index is 12.8. The number of carbonyl (C=O) groups is 1. The fraction of sp³-hybridized carbons (Fsp3) is 0.320. The van der Waals surface area contributed by atoms with Gasteiger partial charge in [-0.15, -0.1) is 10.2 Å². The molecular weight excluding hydrogens is 388 g/mol. The quantitative estimate of drug-likeness (QED) is 0.638. The number of ether oxygens (including phenoxy) is 1. The van der Waals surface area contributed by atoms with Crippen molar-refractivity contribution in [2.24, 2.45) is 5.92 Å². The molecule has 6 heteroatoms. The zero-order chi connectivity index (χ0) is 21.6. The molecule has 160 valence electrons. The molecule has 3 aromatic rings. The number of piperidine rings is 1. The van der Waals surface area contributed by atoms with Gasteiger partial charge in [-0.25, -0.2) is 0 Å². The monoisotopic (exact) mass is 416 g/mol. The number of aryl methyl sites for hydroxylation is 1. The van der Waals surface area contributed by atoms with E-state index in [0.29, 0.717) is 6.54 Å².